The summed E-state index contributed by atoms with van der Waals surface area (Å²) in [7, 11) is 0. The Bertz CT molecular complexity index is 542. The van der Waals surface area contributed by atoms with Crippen LogP contribution < -0.4 is 10.2 Å². The summed E-state index contributed by atoms with van der Waals surface area (Å²) in [6.45, 7) is 8.65. The third kappa shape index (κ3) is 4.57. The molecule has 0 radical (unpaired) electrons. The van der Waals surface area contributed by atoms with Crippen LogP contribution in [0.15, 0.2) is 18.2 Å². The van der Waals surface area contributed by atoms with Gasteiger partial charge >= 0.3 is 0 Å². The van der Waals surface area contributed by atoms with Crippen molar-refractivity contribution in [2.24, 2.45) is 5.92 Å². The van der Waals surface area contributed by atoms with Crippen molar-refractivity contribution in [3.05, 3.63) is 29.3 Å². The van der Waals surface area contributed by atoms with Crippen molar-refractivity contribution in [2.45, 2.75) is 51.4 Å². The zero-order chi connectivity index (χ0) is 16.9. The predicted octanol–water partition coefficient (Wildman–Crippen LogP) is 3.47. The lowest BCUT2D eigenvalue weighted by Crippen LogP contribution is -2.47. The van der Waals surface area contributed by atoms with Crippen molar-refractivity contribution in [3.63, 3.8) is 0 Å². The Balaban J connectivity index is 1.27. The van der Waals surface area contributed by atoms with Gasteiger partial charge in [-0.1, -0.05) is 12.5 Å². The van der Waals surface area contributed by atoms with Gasteiger partial charge < -0.3 is 10.2 Å². The zero-order valence-corrected chi connectivity index (χ0v) is 15.8. The second kappa shape index (κ2) is 8.55. The number of anilines is 1. The summed E-state index contributed by atoms with van der Waals surface area (Å²) in [5.41, 5.74) is 4.71. The Morgan fingerprint density at radius 1 is 0.880 bits per heavy atom. The van der Waals surface area contributed by atoms with Crippen molar-refractivity contribution in [2.75, 3.05) is 50.7 Å². The molecule has 0 aromatic heterocycles. The van der Waals surface area contributed by atoms with E-state index in [2.05, 4.69) is 33.3 Å². The van der Waals surface area contributed by atoms with Crippen molar-refractivity contribution < 1.29 is 0 Å². The van der Waals surface area contributed by atoms with Crippen LogP contribution in [-0.4, -0.2) is 50.7 Å². The number of hydrogen-bond acceptors (Lipinski definition) is 3. The maximum Gasteiger partial charge on any atom is 0.0370 e. The van der Waals surface area contributed by atoms with Gasteiger partial charge in [-0.2, -0.15) is 0 Å². The van der Waals surface area contributed by atoms with E-state index in [9.17, 15) is 0 Å². The fourth-order valence-corrected chi connectivity index (χ4v) is 4.86. The molecule has 4 rings (SSSR count). The first kappa shape index (κ1) is 17.4. The lowest BCUT2D eigenvalue weighted by molar-refractivity contribution is 0.224. The van der Waals surface area contributed by atoms with Crippen LogP contribution in [0, 0.1) is 5.92 Å². The van der Waals surface area contributed by atoms with Crippen molar-refractivity contribution in [1.29, 1.82) is 0 Å². The molecule has 2 heterocycles. The van der Waals surface area contributed by atoms with E-state index in [1.165, 1.54) is 103 Å². The van der Waals surface area contributed by atoms with E-state index in [0.29, 0.717) is 0 Å². The smallest absolute Gasteiger partial charge is 0.0370 e. The van der Waals surface area contributed by atoms with Gasteiger partial charge in [0.2, 0.25) is 0 Å². The molecule has 3 heteroatoms. The molecule has 1 N–H and O–H groups in total. The Hall–Kier alpha value is -1.06. The fraction of sp³-hybridized carbons (Fsp3) is 0.727. The van der Waals surface area contributed by atoms with Crippen LogP contribution in [0.5, 0.6) is 0 Å². The van der Waals surface area contributed by atoms with E-state index < -0.39 is 0 Å². The van der Waals surface area contributed by atoms with Crippen LogP contribution in [0.1, 0.15) is 49.7 Å². The monoisotopic (exact) mass is 341 g/mol. The molecule has 0 saturated carbocycles. The van der Waals surface area contributed by atoms with Crippen molar-refractivity contribution in [3.8, 4) is 0 Å². The zero-order valence-electron chi connectivity index (χ0n) is 15.8. The van der Waals surface area contributed by atoms with Gasteiger partial charge in [0.25, 0.3) is 0 Å². The summed E-state index contributed by atoms with van der Waals surface area (Å²) in [6.07, 6.45) is 10.9. The SMILES string of the molecule is c1cc2c(cc1N1CCN(CCC3CCNCC3)CC1)CCCCC2. The molecule has 3 aliphatic rings. The molecule has 25 heavy (non-hydrogen) atoms. The van der Waals surface area contributed by atoms with Crippen LogP contribution in [-0.2, 0) is 12.8 Å². The molecule has 2 fully saturated rings. The number of hydrogen-bond donors (Lipinski definition) is 1. The Kier molecular flexibility index (Phi) is 5.94. The van der Waals surface area contributed by atoms with E-state index >= 15 is 0 Å². The molecule has 1 aromatic carbocycles. The van der Waals surface area contributed by atoms with Crippen LogP contribution >= 0.6 is 0 Å². The lowest BCUT2D eigenvalue weighted by Gasteiger charge is -2.37. The molecule has 2 saturated heterocycles. The summed E-state index contributed by atoms with van der Waals surface area (Å²) < 4.78 is 0. The van der Waals surface area contributed by atoms with Crippen molar-refractivity contribution >= 4 is 5.69 Å². The first-order valence-electron chi connectivity index (χ1n) is 10.7. The molecule has 0 unspecified atom stereocenters. The van der Waals surface area contributed by atoms with Crippen LogP contribution in [0.25, 0.3) is 0 Å². The fourth-order valence-electron chi connectivity index (χ4n) is 4.86. The lowest BCUT2D eigenvalue weighted by atomic mass is 9.94. The Labute approximate surface area is 153 Å². The molecule has 3 nitrogen and oxygen atoms in total. The highest BCUT2D eigenvalue weighted by atomic mass is 15.3. The second-order valence-corrected chi connectivity index (χ2v) is 8.32. The van der Waals surface area contributed by atoms with E-state index in [-0.39, 0.29) is 0 Å². The van der Waals surface area contributed by atoms with E-state index in [1.54, 1.807) is 11.1 Å². The highest BCUT2D eigenvalue weighted by Gasteiger charge is 2.20. The maximum absolute atomic E-state index is 3.48. The predicted molar refractivity (Wildman–Crippen MR) is 107 cm³/mol. The van der Waals surface area contributed by atoms with Gasteiger partial charge in [-0.05, 0) is 93.8 Å². The quantitative estimate of drug-likeness (QED) is 0.846. The average Bonchev–Trinajstić information content (AvgIpc) is 2.92. The van der Waals surface area contributed by atoms with Crippen LogP contribution in [0.3, 0.4) is 0 Å². The summed E-state index contributed by atoms with van der Waals surface area (Å²) in [6, 6.07) is 7.31. The van der Waals surface area contributed by atoms with Gasteiger partial charge in [0.1, 0.15) is 0 Å². The molecule has 0 spiro atoms. The first-order valence-corrected chi connectivity index (χ1v) is 10.7. The number of nitrogens with zero attached hydrogens (tertiary/aromatic N) is 2. The molecule has 0 bridgehead atoms. The van der Waals surface area contributed by atoms with E-state index in [4.69, 9.17) is 0 Å². The minimum Gasteiger partial charge on any atom is -0.369 e. The molecule has 1 aliphatic carbocycles. The van der Waals surface area contributed by atoms with Crippen molar-refractivity contribution in [1.82, 2.24) is 10.2 Å². The number of benzene rings is 1. The summed E-state index contributed by atoms with van der Waals surface area (Å²) in [5, 5.41) is 3.48. The van der Waals surface area contributed by atoms with Crippen LogP contribution in [0.2, 0.25) is 0 Å². The highest BCUT2D eigenvalue weighted by Crippen LogP contribution is 2.26. The van der Waals surface area contributed by atoms with Gasteiger partial charge in [0.05, 0.1) is 0 Å². The molecule has 0 amide bonds. The van der Waals surface area contributed by atoms with Crippen LogP contribution in [0.4, 0.5) is 5.69 Å². The van der Waals surface area contributed by atoms with Gasteiger partial charge in [0.15, 0.2) is 0 Å². The standard InChI is InChI=1S/C22H35N3/c1-2-4-20-6-7-22(18-21(20)5-3-1)25-16-14-24(15-17-25)13-10-19-8-11-23-12-9-19/h6-7,18-19,23H,1-5,8-17H2. The number of fused-ring (bicyclic) bond motifs is 1. The number of rotatable bonds is 4. The Morgan fingerprint density at radius 3 is 2.44 bits per heavy atom. The minimum absolute atomic E-state index is 0.962. The van der Waals surface area contributed by atoms with Gasteiger partial charge in [-0.3, -0.25) is 4.90 Å². The summed E-state index contributed by atoms with van der Waals surface area (Å²) in [5.74, 6) is 0.962. The average molecular weight is 342 g/mol. The molecule has 138 valence electrons. The minimum atomic E-state index is 0.962. The second-order valence-electron chi connectivity index (χ2n) is 8.32. The van der Waals surface area contributed by atoms with Gasteiger partial charge in [0, 0.05) is 31.9 Å². The van der Waals surface area contributed by atoms with Gasteiger partial charge in [-0.15, -0.1) is 0 Å². The molecular weight excluding hydrogens is 306 g/mol. The molecular formula is C22H35N3. The maximum atomic E-state index is 3.48. The van der Waals surface area contributed by atoms with E-state index in [1.807, 2.05) is 0 Å². The molecule has 1 aromatic rings. The highest BCUT2D eigenvalue weighted by molar-refractivity contribution is 5.52. The number of aryl methyl sites for hydroxylation is 2. The summed E-state index contributed by atoms with van der Waals surface area (Å²) in [4.78, 5) is 5.31. The largest absolute Gasteiger partial charge is 0.369 e. The Morgan fingerprint density at radius 2 is 1.64 bits per heavy atom. The normalized spacial score (nSPS) is 23.3. The number of nitrogens with one attached hydrogen (secondary N) is 1. The molecule has 0 atom stereocenters. The third-order valence-corrected chi connectivity index (χ3v) is 6.63. The first-order chi connectivity index (χ1) is 12.4. The number of piperazine rings is 1. The summed E-state index contributed by atoms with van der Waals surface area (Å²) >= 11 is 0. The third-order valence-electron chi connectivity index (χ3n) is 6.63. The van der Waals surface area contributed by atoms with Gasteiger partial charge in [-0.25, -0.2) is 0 Å². The van der Waals surface area contributed by atoms with E-state index in [0.717, 1.165) is 5.92 Å². The molecule has 2 aliphatic heterocycles. The number of piperidine rings is 1. The topological polar surface area (TPSA) is 18.5 Å².